The van der Waals surface area contributed by atoms with E-state index in [1.54, 1.807) is 6.07 Å². The minimum atomic E-state index is -0.261. The smallest absolute Gasteiger partial charge is 0.280 e. The van der Waals surface area contributed by atoms with E-state index in [4.69, 9.17) is 4.74 Å². The molecule has 0 aliphatic rings. The second kappa shape index (κ2) is 5.78. The molecular weight excluding hydrogens is 320 g/mol. The summed E-state index contributed by atoms with van der Waals surface area (Å²) in [5.41, 5.74) is 5.12. The summed E-state index contributed by atoms with van der Waals surface area (Å²) in [6.45, 7) is 0. The van der Waals surface area contributed by atoms with Crippen molar-refractivity contribution >= 4 is 39.1 Å². The van der Waals surface area contributed by atoms with Gasteiger partial charge in [-0.05, 0) is 27.4 Å². The number of amides is 1. The standard InChI is InChI=1S/C10H9BrN4O2S/c1-17-7-2-4-12-10(13-7)15-14-9(16)8-6(11)3-5-18-8/h2-5H,1H3,(H,14,16)(H,12,13,15). The molecule has 0 unspecified atom stereocenters. The molecule has 2 rings (SSSR count). The normalized spacial score (nSPS) is 9.89. The minimum absolute atomic E-state index is 0.260. The largest absolute Gasteiger partial charge is 0.481 e. The molecule has 8 heteroatoms. The van der Waals surface area contributed by atoms with Crippen molar-refractivity contribution in [3.05, 3.63) is 33.1 Å². The van der Waals surface area contributed by atoms with E-state index in [-0.39, 0.29) is 11.9 Å². The van der Waals surface area contributed by atoms with Crippen molar-refractivity contribution in [1.82, 2.24) is 15.4 Å². The molecule has 18 heavy (non-hydrogen) atoms. The molecule has 2 aromatic rings. The zero-order valence-electron chi connectivity index (χ0n) is 9.31. The maximum Gasteiger partial charge on any atom is 0.280 e. The van der Waals surface area contributed by atoms with Crippen LogP contribution in [0, 0.1) is 0 Å². The molecular formula is C10H9BrN4O2S. The van der Waals surface area contributed by atoms with E-state index < -0.39 is 0 Å². The molecule has 1 amide bonds. The van der Waals surface area contributed by atoms with Crippen LogP contribution in [0.4, 0.5) is 5.95 Å². The lowest BCUT2D eigenvalue weighted by Crippen LogP contribution is -2.29. The Morgan fingerprint density at radius 2 is 2.33 bits per heavy atom. The van der Waals surface area contributed by atoms with Gasteiger partial charge in [-0.1, -0.05) is 0 Å². The summed E-state index contributed by atoms with van der Waals surface area (Å²) in [7, 11) is 1.51. The van der Waals surface area contributed by atoms with Gasteiger partial charge in [-0.25, -0.2) is 4.98 Å². The van der Waals surface area contributed by atoms with Crippen LogP contribution in [0.5, 0.6) is 5.88 Å². The van der Waals surface area contributed by atoms with Gasteiger partial charge in [-0.3, -0.25) is 15.6 Å². The predicted octanol–water partition coefficient (Wildman–Crippen LogP) is 2.07. The lowest BCUT2D eigenvalue weighted by Gasteiger charge is -2.06. The van der Waals surface area contributed by atoms with E-state index in [9.17, 15) is 4.79 Å². The van der Waals surface area contributed by atoms with Crippen LogP contribution in [0.15, 0.2) is 28.2 Å². The van der Waals surface area contributed by atoms with Crippen molar-refractivity contribution in [3.8, 4) is 5.88 Å². The maximum absolute atomic E-state index is 11.8. The van der Waals surface area contributed by atoms with Crippen molar-refractivity contribution in [2.75, 3.05) is 12.5 Å². The number of methoxy groups -OCH3 is 1. The number of hydrogen-bond donors (Lipinski definition) is 2. The average molecular weight is 329 g/mol. The van der Waals surface area contributed by atoms with Crippen LogP contribution in [0.1, 0.15) is 9.67 Å². The van der Waals surface area contributed by atoms with Crippen molar-refractivity contribution in [2.24, 2.45) is 0 Å². The molecule has 2 aromatic heterocycles. The van der Waals surface area contributed by atoms with Gasteiger partial charge in [-0.2, -0.15) is 4.98 Å². The predicted molar refractivity (Wildman–Crippen MR) is 71.7 cm³/mol. The van der Waals surface area contributed by atoms with Gasteiger partial charge in [-0.15, -0.1) is 11.3 Å². The Kier molecular flexibility index (Phi) is 4.11. The number of ether oxygens (including phenoxy) is 1. The number of hydrazine groups is 1. The Morgan fingerprint density at radius 3 is 3.00 bits per heavy atom. The van der Waals surface area contributed by atoms with Gasteiger partial charge >= 0.3 is 0 Å². The third kappa shape index (κ3) is 2.96. The minimum Gasteiger partial charge on any atom is -0.481 e. The van der Waals surface area contributed by atoms with Crippen molar-refractivity contribution in [2.45, 2.75) is 0 Å². The molecule has 94 valence electrons. The van der Waals surface area contributed by atoms with Crippen LogP contribution in [-0.2, 0) is 0 Å². The van der Waals surface area contributed by atoms with Crippen molar-refractivity contribution < 1.29 is 9.53 Å². The van der Waals surface area contributed by atoms with E-state index >= 15 is 0 Å². The highest BCUT2D eigenvalue weighted by Crippen LogP contribution is 2.22. The fourth-order valence-corrected chi connectivity index (χ4v) is 2.59. The van der Waals surface area contributed by atoms with E-state index in [1.807, 2.05) is 11.4 Å². The summed E-state index contributed by atoms with van der Waals surface area (Å²) in [5.74, 6) is 0.415. The molecule has 0 aliphatic heterocycles. The zero-order valence-corrected chi connectivity index (χ0v) is 11.7. The van der Waals surface area contributed by atoms with E-state index in [0.29, 0.717) is 10.8 Å². The zero-order chi connectivity index (χ0) is 13.0. The van der Waals surface area contributed by atoms with Crippen LogP contribution < -0.4 is 15.6 Å². The first kappa shape index (κ1) is 12.8. The Hall–Kier alpha value is -1.67. The summed E-state index contributed by atoms with van der Waals surface area (Å²) in [4.78, 5) is 20.3. The van der Waals surface area contributed by atoms with E-state index in [2.05, 4.69) is 36.7 Å². The van der Waals surface area contributed by atoms with Crippen molar-refractivity contribution in [1.29, 1.82) is 0 Å². The molecule has 0 aromatic carbocycles. The first-order chi connectivity index (χ1) is 8.70. The summed E-state index contributed by atoms with van der Waals surface area (Å²) >= 11 is 4.62. The summed E-state index contributed by atoms with van der Waals surface area (Å²) < 4.78 is 5.69. The number of halogens is 1. The highest BCUT2D eigenvalue weighted by atomic mass is 79.9. The number of nitrogens with zero attached hydrogens (tertiary/aromatic N) is 2. The van der Waals surface area contributed by atoms with Gasteiger partial charge < -0.3 is 4.74 Å². The molecule has 0 saturated heterocycles. The molecule has 0 atom stereocenters. The Labute approximate surface area is 116 Å². The van der Waals surface area contributed by atoms with Gasteiger partial charge in [0.05, 0.1) is 7.11 Å². The van der Waals surface area contributed by atoms with Gasteiger partial charge in [0.1, 0.15) is 4.88 Å². The highest BCUT2D eigenvalue weighted by molar-refractivity contribution is 9.10. The number of aromatic nitrogens is 2. The van der Waals surface area contributed by atoms with Gasteiger partial charge in [0.15, 0.2) is 0 Å². The lowest BCUT2D eigenvalue weighted by atomic mass is 10.4. The fourth-order valence-electron chi connectivity index (χ4n) is 1.14. The summed E-state index contributed by atoms with van der Waals surface area (Å²) in [6, 6.07) is 3.42. The van der Waals surface area contributed by atoms with Crippen LogP contribution in [0.2, 0.25) is 0 Å². The number of hydrogen-bond acceptors (Lipinski definition) is 6. The maximum atomic E-state index is 11.8. The summed E-state index contributed by atoms with van der Waals surface area (Å²) in [6.07, 6.45) is 1.53. The monoisotopic (exact) mass is 328 g/mol. The van der Waals surface area contributed by atoms with Crippen LogP contribution >= 0.6 is 27.3 Å². The molecule has 0 saturated carbocycles. The Balaban J connectivity index is 1.99. The molecule has 0 fully saturated rings. The SMILES string of the molecule is COc1ccnc(NNC(=O)c2sccc2Br)n1. The molecule has 2 heterocycles. The number of nitrogens with one attached hydrogen (secondary N) is 2. The Bertz CT molecular complexity index is 560. The van der Waals surface area contributed by atoms with E-state index in [1.165, 1.54) is 24.6 Å². The van der Waals surface area contributed by atoms with E-state index in [0.717, 1.165) is 4.47 Å². The third-order valence-corrected chi connectivity index (χ3v) is 3.79. The average Bonchev–Trinajstić information content (AvgIpc) is 2.82. The molecule has 0 bridgehead atoms. The molecule has 0 aliphatic carbocycles. The van der Waals surface area contributed by atoms with Gasteiger partial charge in [0.2, 0.25) is 11.8 Å². The van der Waals surface area contributed by atoms with Gasteiger partial charge in [0.25, 0.3) is 5.91 Å². The summed E-state index contributed by atoms with van der Waals surface area (Å²) in [5, 5.41) is 1.82. The number of carbonyl (C=O) groups is 1. The van der Waals surface area contributed by atoms with Crippen LogP contribution in [0.3, 0.4) is 0 Å². The second-order valence-electron chi connectivity index (χ2n) is 3.10. The number of rotatable bonds is 4. The topological polar surface area (TPSA) is 76.1 Å². The number of thiophene rings is 1. The van der Waals surface area contributed by atoms with Crippen LogP contribution in [-0.4, -0.2) is 23.0 Å². The molecule has 6 nitrogen and oxygen atoms in total. The first-order valence-electron chi connectivity index (χ1n) is 4.87. The van der Waals surface area contributed by atoms with Crippen LogP contribution in [0.25, 0.3) is 0 Å². The number of carbonyl (C=O) groups excluding carboxylic acids is 1. The second-order valence-corrected chi connectivity index (χ2v) is 4.87. The third-order valence-electron chi connectivity index (χ3n) is 1.95. The molecule has 0 radical (unpaired) electrons. The Morgan fingerprint density at radius 1 is 1.50 bits per heavy atom. The highest BCUT2D eigenvalue weighted by Gasteiger charge is 2.11. The number of anilines is 1. The van der Waals surface area contributed by atoms with Gasteiger partial charge in [0, 0.05) is 16.7 Å². The molecule has 2 N–H and O–H groups in total. The molecule has 0 spiro atoms. The first-order valence-corrected chi connectivity index (χ1v) is 6.54. The fraction of sp³-hybridized carbons (Fsp3) is 0.100. The lowest BCUT2D eigenvalue weighted by molar-refractivity contribution is 0.0965. The quantitative estimate of drug-likeness (QED) is 0.840. The van der Waals surface area contributed by atoms with Crippen molar-refractivity contribution in [3.63, 3.8) is 0 Å².